The molecule has 0 aliphatic rings. The van der Waals surface area contributed by atoms with Crippen molar-refractivity contribution in [1.29, 1.82) is 0 Å². The van der Waals surface area contributed by atoms with E-state index in [4.69, 9.17) is 16.3 Å². The van der Waals surface area contributed by atoms with Gasteiger partial charge in [0.2, 0.25) is 0 Å². The van der Waals surface area contributed by atoms with E-state index < -0.39 is 0 Å². The molecular formula is C14H17ClO3S. The molecule has 0 aliphatic carbocycles. The fourth-order valence-electron chi connectivity index (χ4n) is 1.44. The third-order valence-electron chi connectivity index (χ3n) is 2.39. The number of Topliss-reactive ketones (excluding diaryl/α,β-unsaturated/α-hetero) is 1. The van der Waals surface area contributed by atoms with E-state index in [1.54, 1.807) is 6.92 Å². The highest BCUT2D eigenvalue weighted by molar-refractivity contribution is 7.99. The van der Waals surface area contributed by atoms with Gasteiger partial charge < -0.3 is 4.74 Å². The van der Waals surface area contributed by atoms with Gasteiger partial charge in [0, 0.05) is 17.2 Å². The first-order chi connectivity index (χ1) is 9.13. The Hall–Kier alpha value is -1.00. The molecule has 19 heavy (non-hydrogen) atoms. The summed E-state index contributed by atoms with van der Waals surface area (Å²) in [5.74, 6) is 0.840. The van der Waals surface area contributed by atoms with Crippen molar-refractivity contribution in [1.82, 2.24) is 0 Å². The van der Waals surface area contributed by atoms with E-state index in [2.05, 4.69) is 0 Å². The number of benzene rings is 1. The molecule has 0 amide bonds. The summed E-state index contributed by atoms with van der Waals surface area (Å²) in [6, 6.07) is 7.57. The first-order valence-electron chi connectivity index (χ1n) is 6.12. The van der Waals surface area contributed by atoms with Crippen LogP contribution in [0.2, 0.25) is 5.02 Å². The Labute approximate surface area is 122 Å². The molecule has 0 N–H and O–H groups in total. The molecule has 0 aromatic heterocycles. The van der Waals surface area contributed by atoms with Gasteiger partial charge in [-0.3, -0.25) is 9.59 Å². The second-order valence-corrected chi connectivity index (χ2v) is 5.32. The van der Waals surface area contributed by atoms with Gasteiger partial charge in [0.25, 0.3) is 0 Å². The maximum absolute atomic E-state index is 11.6. The molecule has 0 heterocycles. The van der Waals surface area contributed by atoms with Crippen molar-refractivity contribution in [3.8, 4) is 0 Å². The van der Waals surface area contributed by atoms with Gasteiger partial charge in [0.05, 0.1) is 18.8 Å². The van der Waals surface area contributed by atoms with Gasteiger partial charge in [-0.1, -0.05) is 29.8 Å². The molecule has 1 rings (SSSR count). The number of thioether (sulfide) groups is 1. The van der Waals surface area contributed by atoms with Crippen molar-refractivity contribution >= 4 is 35.1 Å². The molecule has 0 atom stereocenters. The largest absolute Gasteiger partial charge is 0.466 e. The minimum Gasteiger partial charge on any atom is -0.466 e. The summed E-state index contributed by atoms with van der Waals surface area (Å²) in [4.78, 5) is 22.7. The SMILES string of the molecule is CCOC(=O)CCC(=O)CSCc1ccccc1Cl. The Kier molecular flexibility index (Phi) is 7.60. The van der Waals surface area contributed by atoms with Crippen LogP contribution in [-0.4, -0.2) is 24.1 Å². The lowest BCUT2D eigenvalue weighted by molar-refractivity contribution is -0.144. The lowest BCUT2D eigenvalue weighted by atomic mass is 10.2. The first kappa shape index (κ1) is 16.1. The summed E-state index contributed by atoms with van der Waals surface area (Å²) >= 11 is 7.53. The van der Waals surface area contributed by atoms with E-state index in [1.165, 1.54) is 11.8 Å². The van der Waals surface area contributed by atoms with Crippen LogP contribution in [0.15, 0.2) is 24.3 Å². The molecule has 5 heteroatoms. The van der Waals surface area contributed by atoms with Gasteiger partial charge in [-0.25, -0.2) is 0 Å². The van der Waals surface area contributed by atoms with Crippen molar-refractivity contribution in [3.05, 3.63) is 34.9 Å². The Morgan fingerprint density at radius 3 is 2.68 bits per heavy atom. The second-order valence-electron chi connectivity index (χ2n) is 3.93. The third kappa shape index (κ3) is 6.64. The molecular weight excluding hydrogens is 284 g/mol. The number of hydrogen-bond donors (Lipinski definition) is 0. The zero-order chi connectivity index (χ0) is 14.1. The summed E-state index contributed by atoms with van der Waals surface area (Å²) in [5, 5.41) is 0.717. The molecule has 0 aliphatic heterocycles. The molecule has 1 aromatic carbocycles. The van der Waals surface area contributed by atoms with Crippen LogP contribution in [-0.2, 0) is 20.1 Å². The summed E-state index contributed by atoms with van der Waals surface area (Å²) in [6.45, 7) is 2.10. The highest BCUT2D eigenvalue weighted by Gasteiger charge is 2.08. The molecule has 104 valence electrons. The smallest absolute Gasteiger partial charge is 0.306 e. The summed E-state index contributed by atoms with van der Waals surface area (Å²) in [5.41, 5.74) is 1.02. The molecule has 0 saturated carbocycles. The van der Waals surface area contributed by atoms with Crippen LogP contribution >= 0.6 is 23.4 Å². The van der Waals surface area contributed by atoms with Gasteiger partial charge in [-0.05, 0) is 18.6 Å². The average molecular weight is 301 g/mol. The Morgan fingerprint density at radius 1 is 1.26 bits per heavy atom. The summed E-state index contributed by atoms with van der Waals surface area (Å²) < 4.78 is 4.77. The lowest BCUT2D eigenvalue weighted by Crippen LogP contribution is -2.09. The highest BCUT2D eigenvalue weighted by atomic mass is 35.5. The minimum absolute atomic E-state index is 0.0603. The fourth-order valence-corrected chi connectivity index (χ4v) is 2.66. The molecule has 0 bridgehead atoms. The monoisotopic (exact) mass is 300 g/mol. The van der Waals surface area contributed by atoms with Crippen molar-refractivity contribution < 1.29 is 14.3 Å². The van der Waals surface area contributed by atoms with Crippen molar-refractivity contribution in [2.45, 2.75) is 25.5 Å². The zero-order valence-electron chi connectivity index (χ0n) is 10.9. The first-order valence-corrected chi connectivity index (χ1v) is 7.65. The van der Waals surface area contributed by atoms with Gasteiger partial charge in [-0.15, -0.1) is 11.8 Å². The highest BCUT2D eigenvalue weighted by Crippen LogP contribution is 2.20. The number of ketones is 1. The molecule has 0 fully saturated rings. The Morgan fingerprint density at radius 2 is 2.00 bits per heavy atom. The van der Waals surface area contributed by atoms with Crippen LogP contribution in [0.4, 0.5) is 0 Å². The second kappa shape index (κ2) is 8.99. The number of carbonyl (C=O) groups excluding carboxylic acids is 2. The van der Waals surface area contributed by atoms with Crippen LogP contribution in [0.3, 0.4) is 0 Å². The predicted octanol–water partition coefficient (Wildman–Crippen LogP) is 3.49. The van der Waals surface area contributed by atoms with E-state index in [0.717, 1.165) is 5.56 Å². The van der Waals surface area contributed by atoms with Crippen LogP contribution in [0, 0.1) is 0 Å². The van der Waals surface area contributed by atoms with Crippen molar-refractivity contribution in [2.75, 3.05) is 12.4 Å². The van der Waals surface area contributed by atoms with Crippen LogP contribution in [0.1, 0.15) is 25.3 Å². The van der Waals surface area contributed by atoms with Gasteiger partial charge in [0.15, 0.2) is 0 Å². The fraction of sp³-hybridized carbons (Fsp3) is 0.429. The van der Waals surface area contributed by atoms with E-state index in [1.807, 2.05) is 24.3 Å². The topological polar surface area (TPSA) is 43.4 Å². The molecule has 0 spiro atoms. The number of halogens is 1. The van der Waals surface area contributed by atoms with Crippen LogP contribution < -0.4 is 0 Å². The number of hydrogen-bond acceptors (Lipinski definition) is 4. The van der Waals surface area contributed by atoms with E-state index in [0.29, 0.717) is 23.1 Å². The standard InChI is InChI=1S/C14H17ClO3S/c1-2-18-14(17)8-7-12(16)10-19-9-11-5-3-4-6-13(11)15/h3-6H,2,7-10H2,1H3. The van der Waals surface area contributed by atoms with Crippen molar-refractivity contribution in [3.63, 3.8) is 0 Å². The third-order valence-corrected chi connectivity index (χ3v) is 3.80. The number of esters is 1. The van der Waals surface area contributed by atoms with Gasteiger partial charge >= 0.3 is 5.97 Å². The lowest BCUT2D eigenvalue weighted by Gasteiger charge is -2.04. The summed E-state index contributed by atoms with van der Waals surface area (Å²) in [6.07, 6.45) is 0.410. The van der Waals surface area contributed by atoms with Gasteiger partial charge in [-0.2, -0.15) is 0 Å². The molecule has 0 unspecified atom stereocenters. The normalized spacial score (nSPS) is 10.2. The Balaban J connectivity index is 2.21. The quantitative estimate of drug-likeness (QED) is 0.689. The number of ether oxygens (including phenoxy) is 1. The molecule has 0 saturated heterocycles. The molecule has 3 nitrogen and oxygen atoms in total. The van der Waals surface area contributed by atoms with E-state index >= 15 is 0 Å². The number of rotatable bonds is 8. The van der Waals surface area contributed by atoms with Gasteiger partial charge in [0.1, 0.15) is 5.78 Å². The van der Waals surface area contributed by atoms with Crippen LogP contribution in [0.25, 0.3) is 0 Å². The Bertz CT molecular complexity index is 434. The van der Waals surface area contributed by atoms with Crippen molar-refractivity contribution in [2.24, 2.45) is 0 Å². The maximum Gasteiger partial charge on any atom is 0.306 e. The maximum atomic E-state index is 11.6. The van der Waals surface area contributed by atoms with E-state index in [-0.39, 0.29) is 24.6 Å². The zero-order valence-corrected chi connectivity index (χ0v) is 12.4. The predicted molar refractivity (Wildman–Crippen MR) is 78.5 cm³/mol. The summed E-state index contributed by atoms with van der Waals surface area (Å²) in [7, 11) is 0. The molecule has 0 radical (unpaired) electrons. The molecule has 1 aromatic rings. The van der Waals surface area contributed by atoms with Crippen LogP contribution in [0.5, 0.6) is 0 Å². The average Bonchev–Trinajstić information content (AvgIpc) is 2.39. The minimum atomic E-state index is -0.313. The van der Waals surface area contributed by atoms with E-state index in [9.17, 15) is 9.59 Å². The number of carbonyl (C=O) groups is 2.